The van der Waals surface area contributed by atoms with E-state index < -0.39 is 54.8 Å². The fourth-order valence-electron chi connectivity index (χ4n) is 2.73. The first-order valence-electron chi connectivity index (χ1n) is 10.1. The Morgan fingerprint density at radius 2 is 1.33 bits per heavy atom. The highest BCUT2D eigenvalue weighted by atomic mass is 16.8. The molecule has 1 N–H and O–H groups in total. The summed E-state index contributed by atoms with van der Waals surface area (Å²) in [5.41, 5.74) is 0.591. The van der Waals surface area contributed by atoms with Crippen LogP contribution in [-0.2, 0) is 47.6 Å². The van der Waals surface area contributed by atoms with Crippen molar-refractivity contribution in [2.75, 3.05) is 26.4 Å². The Labute approximate surface area is 188 Å². The summed E-state index contributed by atoms with van der Waals surface area (Å²) < 4.78 is 30.6. The van der Waals surface area contributed by atoms with E-state index in [2.05, 4.69) is 4.74 Å². The molecule has 1 saturated heterocycles. The van der Waals surface area contributed by atoms with Gasteiger partial charge in [-0.15, -0.1) is 0 Å². The summed E-state index contributed by atoms with van der Waals surface area (Å²) in [6, 6.07) is 5.81. The molecular formula is C21H24O12. The van der Waals surface area contributed by atoms with Gasteiger partial charge in [-0.3, -0.25) is 9.59 Å². The lowest BCUT2D eigenvalue weighted by Gasteiger charge is -2.13. The van der Waals surface area contributed by atoms with E-state index in [1.165, 1.54) is 24.3 Å². The molecule has 0 bridgehead atoms. The average molecular weight is 468 g/mol. The van der Waals surface area contributed by atoms with E-state index in [0.717, 1.165) is 0 Å². The highest BCUT2D eigenvalue weighted by Crippen LogP contribution is 2.33. The second-order valence-electron chi connectivity index (χ2n) is 6.50. The van der Waals surface area contributed by atoms with Crippen molar-refractivity contribution in [3.8, 4) is 0 Å². The zero-order chi connectivity index (χ0) is 24.4. The van der Waals surface area contributed by atoms with E-state index in [1.807, 2.05) is 0 Å². The van der Waals surface area contributed by atoms with Crippen molar-refractivity contribution in [2.24, 2.45) is 0 Å². The van der Waals surface area contributed by atoms with Gasteiger partial charge in [0.15, 0.2) is 18.5 Å². The fourth-order valence-corrected chi connectivity index (χ4v) is 2.73. The van der Waals surface area contributed by atoms with E-state index in [0.29, 0.717) is 5.56 Å². The third kappa shape index (κ3) is 7.54. The number of carboxylic acids is 1. The van der Waals surface area contributed by atoms with Crippen LogP contribution in [0.1, 0.15) is 42.5 Å². The minimum absolute atomic E-state index is 0.0917. The van der Waals surface area contributed by atoms with Crippen molar-refractivity contribution >= 4 is 29.8 Å². The number of aliphatic carboxylic acids is 1. The van der Waals surface area contributed by atoms with Gasteiger partial charge in [0.05, 0.1) is 18.8 Å². The molecule has 0 aromatic heterocycles. The predicted molar refractivity (Wildman–Crippen MR) is 106 cm³/mol. The summed E-state index contributed by atoms with van der Waals surface area (Å²) in [5.74, 6) is -4.50. The first-order valence-corrected chi connectivity index (χ1v) is 10.1. The van der Waals surface area contributed by atoms with E-state index in [9.17, 15) is 24.0 Å². The Morgan fingerprint density at radius 3 is 1.82 bits per heavy atom. The minimum atomic E-state index is -1.32. The molecule has 1 fully saturated rings. The Morgan fingerprint density at radius 1 is 0.818 bits per heavy atom. The van der Waals surface area contributed by atoms with Crippen LogP contribution in [0, 0.1) is 0 Å². The van der Waals surface area contributed by atoms with Crippen molar-refractivity contribution in [1.29, 1.82) is 0 Å². The van der Waals surface area contributed by atoms with Crippen LogP contribution >= 0.6 is 0 Å². The molecule has 2 rings (SSSR count). The lowest BCUT2D eigenvalue weighted by atomic mass is 10.1. The van der Waals surface area contributed by atoms with Gasteiger partial charge in [0.25, 0.3) is 0 Å². The molecule has 180 valence electrons. The van der Waals surface area contributed by atoms with E-state index in [1.54, 1.807) is 13.8 Å². The van der Waals surface area contributed by atoms with E-state index >= 15 is 0 Å². The van der Waals surface area contributed by atoms with Crippen molar-refractivity contribution in [1.82, 2.24) is 0 Å². The molecule has 0 aliphatic carbocycles. The standard InChI is InChI=1S/C21H24O12/c1-3-28-19(26)16-17(20(27)29-4-2)33-21(32-16)13-7-5-12(6-8-13)18(25)31-10-9-30-15(24)11-14(22)23/h5-8,16-17,21H,3-4,9-11H2,1-2H3,(H,22,23). The number of rotatable bonds is 11. The maximum atomic E-state index is 12.1. The zero-order valence-corrected chi connectivity index (χ0v) is 18.0. The smallest absolute Gasteiger partial charge is 0.338 e. The molecule has 0 saturated carbocycles. The van der Waals surface area contributed by atoms with Crippen LogP contribution in [0.5, 0.6) is 0 Å². The molecule has 12 heteroatoms. The highest BCUT2D eigenvalue weighted by molar-refractivity contribution is 5.90. The molecule has 33 heavy (non-hydrogen) atoms. The van der Waals surface area contributed by atoms with Crippen LogP contribution in [0.25, 0.3) is 0 Å². The van der Waals surface area contributed by atoms with Crippen LogP contribution in [0.2, 0.25) is 0 Å². The highest BCUT2D eigenvalue weighted by Gasteiger charge is 2.47. The monoisotopic (exact) mass is 468 g/mol. The summed E-state index contributed by atoms with van der Waals surface area (Å²) in [4.78, 5) is 57.9. The number of ether oxygens (including phenoxy) is 6. The van der Waals surface area contributed by atoms with Crippen LogP contribution < -0.4 is 0 Å². The largest absolute Gasteiger partial charge is 0.481 e. The topological polar surface area (TPSA) is 161 Å². The molecule has 1 aliphatic rings. The van der Waals surface area contributed by atoms with Gasteiger partial charge in [-0.2, -0.15) is 0 Å². The molecule has 2 atom stereocenters. The SMILES string of the molecule is CCOC(=O)C1OC(c2ccc(C(=O)OCCOC(=O)CC(=O)O)cc2)OC1C(=O)OCC. The van der Waals surface area contributed by atoms with Crippen molar-refractivity contribution in [3.63, 3.8) is 0 Å². The summed E-state index contributed by atoms with van der Waals surface area (Å²) in [6.07, 6.45) is -4.47. The van der Waals surface area contributed by atoms with Gasteiger partial charge in [0.1, 0.15) is 19.6 Å². The minimum Gasteiger partial charge on any atom is -0.481 e. The molecule has 1 aromatic rings. The van der Waals surface area contributed by atoms with Crippen LogP contribution in [0.15, 0.2) is 24.3 Å². The number of esters is 4. The molecule has 1 aliphatic heterocycles. The van der Waals surface area contributed by atoms with Crippen molar-refractivity contribution < 1.29 is 57.5 Å². The molecule has 0 spiro atoms. The van der Waals surface area contributed by atoms with Crippen molar-refractivity contribution in [3.05, 3.63) is 35.4 Å². The summed E-state index contributed by atoms with van der Waals surface area (Å²) >= 11 is 0. The molecule has 0 radical (unpaired) electrons. The van der Waals surface area contributed by atoms with Crippen molar-refractivity contribution in [2.45, 2.75) is 38.8 Å². The number of benzene rings is 1. The average Bonchev–Trinajstić information content (AvgIpc) is 3.22. The van der Waals surface area contributed by atoms with Crippen LogP contribution in [-0.4, -0.2) is 73.6 Å². The number of carbonyl (C=O) groups excluding carboxylic acids is 4. The summed E-state index contributed by atoms with van der Waals surface area (Å²) in [5, 5.41) is 8.46. The first kappa shape index (κ1) is 25.7. The predicted octanol–water partition coefficient (Wildman–Crippen LogP) is 0.770. The maximum absolute atomic E-state index is 12.1. The number of carbonyl (C=O) groups is 5. The normalized spacial score (nSPS) is 19.4. The van der Waals surface area contributed by atoms with Gasteiger partial charge in [-0.05, 0) is 26.0 Å². The molecule has 1 aromatic carbocycles. The molecule has 12 nitrogen and oxygen atoms in total. The lowest BCUT2D eigenvalue weighted by Crippen LogP contribution is -2.39. The van der Waals surface area contributed by atoms with E-state index in [4.69, 9.17) is 28.8 Å². The third-order valence-corrected chi connectivity index (χ3v) is 4.15. The second-order valence-corrected chi connectivity index (χ2v) is 6.50. The third-order valence-electron chi connectivity index (χ3n) is 4.15. The van der Waals surface area contributed by atoms with Gasteiger partial charge < -0.3 is 33.5 Å². The maximum Gasteiger partial charge on any atom is 0.338 e. The summed E-state index contributed by atoms with van der Waals surface area (Å²) in [7, 11) is 0. The van der Waals surface area contributed by atoms with Gasteiger partial charge in [0.2, 0.25) is 0 Å². The second kappa shape index (κ2) is 12.5. The van der Waals surface area contributed by atoms with Gasteiger partial charge in [0, 0.05) is 5.56 Å². The fraction of sp³-hybridized carbons (Fsp3) is 0.476. The zero-order valence-electron chi connectivity index (χ0n) is 18.0. The molecule has 2 unspecified atom stereocenters. The van der Waals surface area contributed by atoms with Gasteiger partial charge in [-0.25, -0.2) is 14.4 Å². The Hall–Kier alpha value is -3.51. The van der Waals surface area contributed by atoms with Crippen LogP contribution in [0.4, 0.5) is 0 Å². The quantitative estimate of drug-likeness (QED) is 0.210. The van der Waals surface area contributed by atoms with E-state index in [-0.39, 0.29) is 32.0 Å². The first-order chi connectivity index (χ1) is 15.8. The number of carboxylic acid groups (broad SMARTS) is 1. The van der Waals surface area contributed by atoms with Crippen LogP contribution in [0.3, 0.4) is 0 Å². The summed E-state index contributed by atoms with van der Waals surface area (Å²) in [6.45, 7) is 2.86. The number of hydrogen-bond acceptors (Lipinski definition) is 11. The lowest BCUT2D eigenvalue weighted by molar-refractivity contribution is -0.163. The molecule has 1 heterocycles. The van der Waals surface area contributed by atoms with Gasteiger partial charge >= 0.3 is 29.8 Å². The number of hydrogen-bond donors (Lipinski definition) is 1. The van der Waals surface area contributed by atoms with Gasteiger partial charge in [-0.1, -0.05) is 12.1 Å². The Balaban J connectivity index is 1.94. The Bertz CT molecular complexity index is 837. The Kier molecular flexibility index (Phi) is 9.76. The molecular weight excluding hydrogens is 444 g/mol. The molecule has 0 amide bonds.